The highest BCUT2D eigenvalue weighted by Gasteiger charge is 2.29. The van der Waals surface area contributed by atoms with Gasteiger partial charge in [0.2, 0.25) is 11.1 Å². The van der Waals surface area contributed by atoms with Gasteiger partial charge in [-0.25, -0.2) is 4.68 Å². The molecule has 8 heteroatoms. The fourth-order valence-electron chi connectivity index (χ4n) is 2.37. The van der Waals surface area contributed by atoms with Gasteiger partial charge in [-0.15, -0.1) is 10.2 Å². The monoisotopic (exact) mass is 333 g/mol. The fraction of sp³-hybridized carbons (Fsp3) is 0.400. The molecule has 0 bridgehead atoms. The highest BCUT2D eigenvalue weighted by molar-refractivity contribution is 8.00. The normalized spacial score (nSPS) is 16.3. The average molecular weight is 333 g/mol. The molecule has 2 N–H and O–H groups in total. The number of nitrogen functional groups attached to an aromatic ring is 1. The maximum atomic E-state index is 13.0. The molecule has 122 valence electrons. The second kappa shape index (κ2) is 7.01. The van der Waals surface area contributed by atoms with Gasteiger partial charge in [-0.2, -0.15) is 0 Å². The largest absolute Gasteiger partial charge is 0.378 e. The molecule has 1 aliphatic rings. The van der Waals surface area contributed by atoms with Gasteiger partial charge in [0.1, 0.15) is 11.1 Å². The minimum absolute atomic E-state index is 0.0464. The number of benzene rings is 1. The summed E-state index contributed by atoms with van der Waals surface area (Å²) in [7, 11) is 0. The molecule has 7 nitrogen and oxygen atoms in total. The van der Waals surface area contributed by atoms with Gasteiger partial charge in [0.25, 0.3) is 0 Å². The number of rotatable bonds is 4. The Morgan fingerprint density at radius 2 is 1.96 bits per heavy atom. The molecule has 3 rings (SSSR count). The molecule has 1 aromatic heterocycles. The lowest BCUT2D eigenvalue weighted by molar-refractivity contribution is -0.134. The van der Waals surface area contributed by atoms with Crippen molar-refractivity contribution in [2.75, 3.05) is 32.1 Å². The Bertz CT molecular complexity index is 670. The van der Waals surface area contributed by atoms with Gasteiger partial charge in [-0.1, -0.05) is 42.1 Å². The van der Waals surface area contributed by atoms with Crippen LogP contribution in [0, 0.1) is 6.92 Å². The molecule has 2 heterocycles. The van der Waals surface area contributed by atoms with Gasteiger partial charge in [0.05, 0.1) is 13.2 Å². The van der Waals surface area contributed by atoms with Crippen molar-refractivity contribution in [3.63, 3.8) is 0 Å². The van der Waals surface area contributed by atoms with Crippen molar-refractivity contribution < 1.29 is 9.53 Å². The van der Waals surface area contributed by atoms with Crippen LogP contribution in [-0.2, 0) is 9.53 Å². The van der Waals surface area contributed by atoms with Gasteiger partial charge < -0.3 is 15.5 Å². The third-order valence-electron chi connectivity index (χ3n) is 3.71. The quantitative estimate of drug-likeness (QED) is 0.663. The molecule has 1 saturated heterocycles. The number of morpholine rings is 1. The maximum absolute atomic E-state index is 13.0. The van der Waals surface area contributed by atoms with Crippen LogP contribution in [0.25, 0.3) is 0 Å². The molecule has 0 spiro atoms. The summed E-state index contributed by atoms with van der Waals surface area (Å²) >= 11 is 1.32. The zero-order chi connectivity index (χ0) is 16.2. The predicted molar refractivity (Wildman–Crippen MR) is 87.3 cm³/mol. The fourth-order valence-corrected chi connectivity index (χ4v) is 3.46. The van der Waals surface area contributed by atoms with E-state index in [1.165, 1.54) is 16.4 Å². The van der Waals surface area contributed by atoms with Crippen LogP contribution in [0.3, 0.4) is 0 Å². The summed E-state index contributed by atoms with van der Waals surface area (Å²) < 4.78 is 6.74. The van der Waals surface area contributed by atoms with Crippen LogP contribution in [0.5, 0.6) is 0 Å². The van der Waals surface area contributed by atoms with E-state index in [9.17, 15) is 4.79 Å². The average Bonchev–Trinajstić information content (AvgIpc) is 2.92. The Kier molecular flexibility index (Phi) is 4.82. The first-order chi connectivity index (χ1) is 11.2. The first-order valence-corrected chi connectivity index (χ1v) is 8.30. The summed E-state index contributed by atoms with van der Waals surface area (Å²) in [5.74, 6) is 6.59. The molecule has 0 saturated carbocycles. The molecule has 1 aromatic carbocycles. The Morgan fingerprint density at radius 1 is 1.26 bits per heavy atom. The lowest BCUT2D eigenvalue weighted by Gasteiger charge is -2.30. The van der Waals surface area contributed by atoms with Crippen LogP contribution in [0.2, 0.25) is 0 Å². The smallest absolute Gasteiger partial charge is 0.240 e. The summed E-state index contributed by atoms with van der Waals surface area (Å²) in [6.07, 6.45) is 0. The van der Waals surface area contributed by atoms with Crippen LogP contribution >= 0.6 is 11.8 Å². The summed E-state index contributed by atoms with van der Waals surface area (Å²) in [4.78, 5) is 14.8. The molecule has 1 amide bonds. The number of ether oxygens (including phenoxy) is 1. The Hall–Kier alpha value is -2.06. The van der Waals surface area contributed by atoms with Crippen molar-refractivity contribution in [1.29, 1.82) is 0 Å². The number of thioether (sulfide) groups is 1. The highest BCUT2D eigenvalue weighted by atomic mass is 32.2. The topological polar surface area (TPSA) is 86.3 Å². The Labute approximate surface area is 138 Å². The number of carbonyl (C=O) groups excluding carboxylic acids is 1. The van der Waals surface area contributed by atoms with Crippen molar-refractivity contribution in [3.05, 3.63) is 41.7 Å². The predicted octanol–water partition coefficient (Wildman–Crippen LogP) is 0.993. The maximum Gasteiger partial charge on any atom is 0.240 e. The van der Waals surface area contributed by atoms with E-state index in [1.807, 2.05) is 35.2 Å². The molecule has 0 radical (unpaired) electrons. The van der Waals surface area contributed by atoms with E-state index in [2.05, 4.69) is 10.2 Å². The lowest BCUT2D eigenvalue weighted by Crippen LogP contribution is -2.42. The SMILES string of the molecule is Cc1nnc(S[C@H](C(=O)N2CCOCC2)c2ccccc2)n1N. The van der Waals surface area contributed by atoms with Crippen molar-refractivity contribution in [1.82, 2.24) is 19.8 Å². The van der Waals surface area contributed by atoms with Gasteiger partial charge in [0.15, 0.2) is 0 Å². The summed E-state index contributed by atoms with van der Waals surface area (Å²) in [6, 6.07) is 9.67. The third-order valence-corrected chi connectivity index (χ3v) is 4.91. The van der Waals surface area contributed by atoms with Gasteiger partial charge in [-0.05, 0) is 12.5 Å². The summed E-state index contributed by atoms with van der Waals surface area (Å²) in [6.45, 7) is 4.14. The molecule has 0 unspecified atom stereocenters. The number of aromatic nitrogens is 3. The van der Waals surface area contributed by atoms with Crippen molar-refractivity contribution in [2.45, 2.75) is 17.3 Å². The van der Waals surface area contributed by atoms with E-state index < -0.39 is 5.25 Å². The van der Waals surface area contributed by atoms with Crippen LogP contribution in [0.4, 0.5) is 0 Å². The number of carbonyl (C=O) groups is 1. The standard InChI is InChI=1S/C15H19N5O2S/c1-11-17-18-15(20(11)16)23-13(12-5-3-2-4-6-12)14(21)19-7-9-22-10-8-19/h2-6,13H,7-10,16H2,1H3/t13-/m0/s1. The van der Waals surface area contributed by atoms with E-state index in [4.69, 9.17) is 10.6 Å². The molecular formula is C15H19N5O2S. The first-order valence-electron chi connectivity index (χ1n) is 7.42. The zero-order valence-electron chi connectivity index (χ0n) is 12.9. The van der Waals surface area contributed by atoms with Gasteiger partial charge in [-0.3, -0.25) is 4.79 Å². The van der Waals surface area contributed by atoms with E-state index in [1.54, 1.807) is 6.92 Å². The molecule has 2 aromatic rings. The molecule has 1 aliphatic heterocycles. The highest BCUT2D eigenvalue weighted by Crippen LogP contribution is 2.35. The van der Waals surface area contributed by atoms with Crippen LogP contribution < -0.4 is 5.84 Å². The van der Waals surface area contributed by atoms with E-state index in [-0.39, 0.29) is 5.91 Å². The van der Waals surface area contributed by atoms with Crippen molar-refractivity contribution in [2.24, 2.45) is 0 Å². The van der Waals surface area contributed by atoms with E-state index in [0.717, 1.165) is 5.56 Å². The van der Waals surface area contributed by atoms with Gasteiger partial charge >= 0.3 is 0 Å². The minimum Gasteiger partial charge on any atom is -0.378 e. The Morgan fingerprint density at radius 3 is 2.57 bits per heavy atom. The molecule has 1 fully saturated rings. The van der Waals surface area contributed by atoms with Crippen LogP contribution in [0.1, 0.15) is 16.6 Å². The summed E-state index contributed by atoms with van der Waals surface area (Å²) in [5.41, 5.74) is 0.926. The summed E-state index contributed by atoms with van der Waals surface area (Å²) in [5, 5.41) is 8.14. The zero-order valence-corrected chi connectivity index (χ0v) is 13.7. The van der Waals surface area contributed by atoms with Crippen LogP contribution in [-0.4, -0.2) is 52.0 Å². The number of amides is 1. The molecular weight excluding hydrogens is 314 g/mol. The first kappa shape index (κ1) is 15.8. The van der Waals surface area contributed by atoms with Gasteiger partial charge in [0, 0.05) is 13.1 Å². The number of hydrogen-bond donors (Lipinski definition) is 1. The second-order valence-corrected chi connectivity index (χ2v) is 6.32. The molecule has 1 atom stereocenters. The van der Waals surface area contributed by atoms with E-state index in [0.29, 0.717) is 37.3 Å². The number of nitrogens with two attached hydrogens (primary N) is 1. The number of nitrogens with zero attached hydrogens (tertiary/aromatic N) is 4. The molecule has 0 aliphatic carbocycles. The van der Waals surface area contributed by atoms with Crippen molar-refractivity contribution >= 4 is 17.7 Å². The lowest BCUT2D eigenvalue weighted by atomic mass is 10.1. The van der Waals surface area contributed by atoms with Crippen molar-refractivity contribution in [3.8, 4) is 0 Å². The second-order valence-electron chi connectivity index (χ2n) is 5.25. The molecule has 23 heavy (non-hydrogen) atoms. The Balaban J connectivity index is 1.87. The minimum atomic E-state index is -0.403. The van der Waals surface area contributed by atoms with Crippen LogP contribution in [0.15, 0.2) is 35.5 Å². The number of hydrogen-bond acceptors (Lipinski definition) is 6. The third kappa shape index (κ3) is 3.48. The van der Waals surface area contributed by atoms with E-state index >= 15 is 0 Å². The number of aryl methyl sites for hydroxylation is 1.